The summed E-state index contributed by atoms with van der Waals surface area (Å²) >= 11 is 0. The molecule has 3 N–H and O–H groups in total. The van der Waals surface area contributed by atoms with Crippen molar-refractivity contribution in [2.24, 2.45) is 16.7 Å². The Bertz CT molecular complexity index is 752. The Labute approximate surface area is 210 Å². The van der Waals surface area contributed by atoms with Gasteiger partial charge in [0, 0.05) is 12.1 Å². The van der Waals surface area contributed by atoms with E-state index in [0.29, 0.717) is 13.0 Å². The topological polar surface area (TPSA) is 76.0 Å². The molecule has 1 fully saturated rings. The Hall–Kier alpha value is -0.950. The van der Waals surface area contributed by atoms with Crippen molar-refractivity contribution >= 4 is 5.91 Å². The fraction of sp³-hybridized carbons (Fsp3) is 0.893. The highest BCUT2D eigenvalue weighted by Crippen LogP contribution is 2.44. The fourth-order valence-corrected chi connectivity index (χ4v) is 5.22. The zero-order valence-corrected chi connectivity index (χ0v) is 24.7. The van der Waals surface area contributed by atoms with E-state index in [4.69, 9.17) is 0 Å². The van der Waals surface area contributed by atoms with E-state index >= 15 is 0 Å². The molecule has 0 aliphatic carbocycles. The SMILES string of the molecule is CC(C)(C)CC1=CC(C)(C)N(O)C1(C)C.CC(C)(C)CCNC(=O)C1CC(C)(C)N(O)C1(C)C. The Morgan fingerprint density at radius 2 is 1.44 bits per heavy atom. The first kappa shape index (κ1) is 31.1. The normalized spacial score (nSPS) is 26.0. The van der Waals surface area contributed by atoms with E-state index in [1.54, 1.807) is 0 Å². The molecule has 2 heterocycles. The van der Waals surface area contributed by atoms with E-state index in [0.717, 1.165) is 12.8 Å². The van der Waals surface area contributed by atoms with Crippen molar-refractivity contribution in [1.29, 1.82) is 0 Å². The third-order valence-electron chi connectivity index (χ3n) is 7.28. The first-order valence-electron chi connectivity index (χ1n) is 12.8. The predicted octanol–water partition coefficient (Wildman–Crippen LogP) is 6.42. The summed E-state index contributed by atoms with van der Waals surface area (Å²) in [5.74, 6) is -0.119. The maximum atomic E-state index is 12.3. The van der Waals surface area contributed by atoms with Gasteiger partial charge in [-0.05, 0) is 91.1 Å². The molecule has 2 aliphatic heterocycles. The molecule has 2 rings (SSSR count). The van der Waals surface area contributed by atoms with E-state index in [1.165, 1.54) is 15.7 Å². The van der Waals surface area contributed by atoms with Gasteiger partial charge in [-0.15, -0.1) is 0 Å². The zero-order chi connectivity index (χ0) is 27.1. The Morgan fingerprint density at radius 1 is 0.941 bits per heavy atom. The van der Waals surface area contributed by atoms with Gasteiger partial charge in [0.05, 0.1) is 22.5 Å². The molecular formula is C28H55N3O3. The van der Waals surface area contributed by atoms with Crippen LogP contribution in [0.15, 0.2) is 11.6 Å². The minimum absolute atomic E-state index is 0.0545. The lowest BCUT2D eigenvalue weighted by Crippen LogP contribution is -2.50. The van der Waals surface area contributed by atoms with Crippen LogP contribution in [0.1, 0.15) is 116 Å². The van der Waals surface area contributed by atoms with Crippen LogP contribution in [0, 0.1) is 16.7 Å². The van der Waals surface area contributed by atoms with Crippen LogP contribution in [0.5, 0.6) is 0 Å². The number of hydrogen-bond donors (Lipinski definition) is 3. The lowest BCUT2D eigenvalue weighted by atomic mass is 9.81. The van der Waals surface area contributed by atoms with Crippen molar-refractivity contribution in [1.82, 2.24) is 15.4 Å². The highest BCUT2D eigenvalue weighted by Gasteiger charge is 2.54. The van der Waals surface area contributed by atoms with Gasteiger partial charge in [0.1, 0.15) is 0 Å². The van der Waals surface area contributed by atoms with Crippen LogP contribution < -0.4 is 5.32 Å². The summed E-state index contributed by atoms with van der Waals surface area (Å²) in [6.45, 7) is 29.9. The van der Waals surface area contributed by atoms with Crippen LogP contribution in [0.2, 0.25) is 0 Å². The molecule has 1 unspecified atom stereocenters. The smallest absolute Gasteiger partial charge is 0.225 e. The largest absolute Gasteiger partial charge is 0.356 e. The average molecular weight is 482 g/mol. The Kier molecular flexibility index (Phi) is 8.99. The summed E-state index contributed by atoms with van der Waals surface area (Å²) < 4.78 is 0. The first-order valence-corrected chi connectivity index (χ1v) is 12.8. The molecule has 6 nitrogen and oxygen atoms in total. The summed E-state index contributed by atoms with van der Waals surface area (Å²) in [6, 6.07) is 0. The van der Waals surface area contributed by atoms with Gasteiger partial charge in [-0.2, -0.15) is 10.1 Å². The lowest BCUT2D eigenvalue weighted by Gasteiger charge is -2.37. The molecule has 0 aromatic heterocycles. The summed E-state index contributed by atoms with van der Waals surface area (Å²) in [5, 5.41) is 26.2. The van der Waals surface area contributed by atoms with Gasteiger partial charge < -0.3 is 15.7 Å². The number of amides is 1. The summed E-state index contributed by atoms with van der Waals surface area (Å²) in [6.07, 6.45) is 4.87. The molecule has 0 saturated carbocycles. The van der Waals surface area contributed by atoms with Crippen LogP contribution in [-0.2, 0) is 4.79 Å². The minimum Gasteiger partial charge on any atom is -0.356 e. The van der Waals surface area contributed by atoms with Gasteiger partial charge in [-0.25, -0.2) is 0 Å². The van der Waals surface area contributed by atoms with E-state index in [2.05, 4.69) is 66.8 Å². The van der Waals surface area contributed by atoms with Crippen molar-refractivity contribution in [3.05, 3.63) is 11.6 Å². The van der Waals surface area contributed by atoms with E-state index in [-0.39, 0.29) is 39.3 Å². The van der Waals surface area contributed by atoms with Crippen LogP contribution in [-0.4, -0.2) is 55.1 Å². The lowest BCUT2D eigenvalue weighted by molar-refractivity contribution is -0.197. The highest BCUT2D eigenvalue weighted by atomic mass is 16.5. The average Bonchev–Trinajstić information content (AvgIpc) is 2.86. The van der Waals surface area contributed by atoms with Crippen LogP contribution >= 0.6 is 0 Å². The quantitative estimate of drug-likeness (QED) is 0.404. The van der Waals surface area contributed by atoms with Gasteiger partial charge in [-0.1, -0.05) is 47.6 Å². The van der Waals surface area contributed by atoms with Crippen LogP contribution in [0.25, 0.3) is 0 Å². The number of rotatable bonds is 4. The second-order valence-corrected chi connectivity index (χ2v) is 15.1. The molecule has 1 atom stereocenters. The van der Waals surface area contributed by atoms with Crippen LogP contribution in [0.3, 0.4) is 0 Å². The molecule has 200 valence electrons. The van der Waals surface area contributed by atoms with Gasteiger partial charge in [0.25, 0.3) is 0 Å². The Morgan fingerprint density at radius 3 is 1.76 bits per heavy atom. The molecule has 2 aliphatic rings. The summed E-state index contributed by atoms with van der Waals surface area (Å²) in [4.78, 5) is 12.3. The maximum Gasteiger partial charge on any atom is 0.225 e. The maximum absolute atomic E-state index is 12.3. The minimum atomic E-state index is -0.519. The Balaban J connectivity index is 0.000000350. The summed E-state index contributed by atoms with van der Waals surface area (Å²) in [5.41, 5.74) is 0.471. The monoisotopic (exact) mass is 481 g/mol. The van der Waals surface area contributed by atoms with Crippen molar-refractivity contribution in [2.45, 2.75) is 138 Å². The number of carbonyl (C=O) groups excluding carboxylic acids is 1. The summed E-state index contributed by atoms with van der Waals surface area (Å²) in [7, 11) is 0. The molecule has 0 aromatic carbocycles. The van der Waals surface area contributed by atoms with Crippen molar-refractivity contribution < 1.29 is 15.2 Å². The molecule has 1 saturated heterocycles. The van der Waals surface area contributed by atoms with E-state index in [9.17, 15) is 15.2 Å². The second kappa shape index (κ2) is 9.84. The number of hydroxylamine groups is 4. The van der Waals surface area contributed by atoms with Gasteiger partial charge in [0.2, 0.25) is 5.91 Å². The first-order chi connectivity index (χ1) is 14.8. The molecule has 1 amide bonds. The van der Waals surface area contributed by atoms with Crippen molar-refractivity contribution in [3.8, 4) is 0 Å². The molecule has 0 aromatic rings. The van der Waals surface area contributed by atoms with Gasteiger partial charge in [-0.3, -0.25) is 4.79 Å². The molecular weight excluding hydrogens is 426 g/mol. The van der Waals surface area contributed by atoms with Crippen LogP contribution in [0.4, 0.5) is 0 Å². The number of nitrogens with one attached hydrogen (secondary N) is 1. The number of nitrogens with zero attached hydrogens (tertiary/aromatic N) is 2. The van der Waals surface area contributed by atoms with E-state index < -0.39 is 5.54 Å². The zero-order valence-electron chi connectivity index (χ0n) is 24.7. The third kappa shape index (κ3) is 7.52. The molecule has 0 spiro atoms. The number of hydrogen-bond acceptors (Lipinski definition) is 5. The molecule has 6 heteroatoms. The third-order valence-corrected chi connectivity index (χ3v) is 7.28. The van der Waals surface area contributed by atoms with Crippen molar-refractivity contribution in [3.63, 3.8) is 0 Å². The molecule has 0 radical (unpaired) electrons. The van der Waals surface area contributed by atoms with Gasteiger partial charge in [0.15, 0.2) is 0 Å². The second-order valence-electron chi connectivity index (χ2n) is 15.1. The fourth-order valence-electron chi connectivity index (χ4n) is 5.22. The van der Waals surface area contributed by atoms with Gasteiger partial charge >= 0.3 is 0 Å². The highest BCUT2D eigenvalue weighted by molar-refractivity contribution is 5.80. The molecule has 34 heavy (non-hydrogen) atoms. The standard InChI is InChI=1S/C15H30N2O2.C13H25NO/c1-13(2,3)8-9-16-12(18)11-10-14(4,5)17(19)15(11,6)7;1-11(2,3)8-10-9-12(4,5)14(15)13(10,6)7/h11,19H,8-10H2,1-7H3,(H,16,18);9,15H,8H2,1-7H3. The van der Waals surface area contributed by atoms with Crippen molar-refractivity contribution in [2.75, 3.05) is 6.54 Å². The number of carbonyl (C=O) groups is 1. The predicted molar refractivity (Wildman–Crippen MR) is 141 cm³/mol. The van der Waals surface area contributed by atoms with E-state index in [1.807, 2.05) is 41.5 Å². The molecule has 0 bridgehead atoms.